The van der Waals surface area contributed by atoms with E-state index in [-0.39, 0.29) is 18.1 Å². The highest BCUT2D eigenvalue weighted by atomic mass is 16.3. The second kappa shape index (κ2) is 6.04. The second-order valence-corrected chi connectivity index (χ2v) is 6.06. The molecule has 3 aromatic rings. The van der Waals surface area contributed by atoms with Gasteiger partial charge in [-0.2, -0.15) is 0 Å². The Kier molecular flexibility index (Phi) is 3.73. The number of aliphatic hydroxyl groups is 1. The number of carbonyl (C=O) groups excluding carboxylic acids is 1. The third kappa shape index (κ3) is 2.76. The largest absolute Gasteiger partial charge is 0.393 e. The molecule has 0 bridgehead atoms. The van der Waals surface area contributed by atoms with Crippen LogP contribution in [0.5, 0.6) is 0 Å². The van der Waals surface area contributed by atoms with Crippen LogP contribution in [0.4, 0.5) is 0 Å². The van der Waals surface area contributed by atoms with E-state index in [2.05, 4.69) is 25.3 Å². The number of imidazole rings is 1. The van der Waals surface area contributed by atoms with E-state index >= 15 is 0 Å². The lowest BCUT2D eigenvalue weighted by Gasteiger charge is -2.26. The predicted octanol–water partition coefficient (Wildman–Crippen LogP) is 1.18. The molecule has 3 N–H and O–H groups in total. The van der Waals surface area contributed by atoms with Crippen molar-refractivity contribution in [1.82, 2.24) is 29.8 Å². The van der Waals surface area contributed by atoms with Crippen LogP contribution in [-0.2, 0) is 0 Å². The molecule has 1 saturated carbocycles. The summed E-state index contributed by atoms with van der Waals surface area (Å²) in [5.74, 6) is 0.177. The first kappa shape index (κ1) is 14.8. The van der Waals surface area contributed by atoms with Gasteiger partial charge in [-0.25, -0.2) is 15.0 Å². The molecule has 0 aromatic carbocycles. The van der Waals surface area contributed by atoms with Gasteiger partial charge in [0, 0.05) is 24.6 Å². The molecule has 1 aliphatic carbocycles. The van der Waals surface area contributed by atoms with Gasteiger partial charge in [0.05, 0.1) is 17.1 Å². The van der Waals surface area contributed by atoms with Crippen LogP contribution in [-0.4, -0.2) is 47.7 Å². The molecule has 0 aliphatic heterocycles. The average Bonchev–Trinajstić information content (AvgIpc) is 3.27. The Hall–Kier alpha value is -2.74. The lowest BCUT2D eigenvalue weighted by Crippen LogP contribution is -2.39. The van der Waals surface area contributed by atoms with Crippen molar-refractivity contribution >= 4 is 16.9 Å². The van der Waals surface area contributed by atoms with Gasteiger partial charge in [-0.1, -0.05) is 0 Å². The number of rotatable bonds is 3. The Morgan fingerprint density at radius 3 is 2.88 bits per heavy atom. The number of nitrogens with one attached hydrogen (secondary N) is 2. The van der Waals surface area contributed by atoms with Gasteiger partial charge in [0.15, 0.2) is 5.69 Å². The molecular formula is C16H18N6O2. The topological polar surface area (TPSA) is 109 Å². The van der Waals surface area contributed by atoms with E-state index in [1.807, 2.05) is 6.07 Å². The summed E-state index contributed by atoms with van der Waals surface area (Å²) in [6, 6.07) is 1.88. The number of amides is 1. The summed E-state index contributed by atoms with van der Waals surface area (Å²) in [5.41, 5.74) is 1.62. The Balaban J connectivity index is 1.65. The fourth-order valence-corrected chi connectivity index (χ4v) is 3.06. The number of aliphatic hydroxyl groups excluding tert-OH is 1. The van der Waals surface area contributed by atoms with Gasteiger partial charge in [-0.3, -0.25) is 9.36 Å². The van der Waals surface area contributed by atoms with E-state index in [1.54, 1.807) is 29.5 Å². The van der Waals surface area contributed by atoms with Crippen molar-refractivity contribution in [3.63, 3.8) is 0 Å². The van der Waals surface area contributed by atoms with Gasteiger partial charge in [0.2, 0.25) is 5.95 Å². The van der Waals surface area contributed by atoms with Crippen molar-refractivity contribution in [3.05, 3.63) is 36.7 Å². The Labute approximate surface area is 138 Å². The number of hydrogen-bond donors (Lipinski definition) is 3. The molecule has 3 aromatic heterocycles. The number of nitrogens with zero attached hydrogens (tertiary/aromatic N) is 4. The molecule has 0 saturated heterocycles. The summed E-state index contributed by atoms with van der Waals surface area (Å²) in [5, 5.41) is 12.6. The standard InChI is InChI=1S/C16H18N6O2/c23-11-3-1-10(2-4-11)19-15(24)14-13-12(5-6-18-13)20-16(21-14)22-8-7-17-9-22/h5-11,18,23H,1-4H2,(H,19,24)/t10-,11+. The molecule has 124 valence electrons. The number of hydrogen-bond acceptors (Lipinski definition) is 5. The van der Waals surface area contributed by atoms with Crippen molar-refractivity contribution < 1.29 is 9.90 Å². The van der Waals surface area contributed by atoms with Crippen molar-refractivity contribution in [2.75, 3.05) is 0 Å². The SMILES string of the molecule is O=C(N[C@H]1CC[C@@H](O)CC1)c1nc(-n2ccnc2)nc2cc[nH]c12. The third-order valence-electron chi connectivity index (χ3n) is 4.38. The summed E-state index contributed by atoms with van der Waals surface area (Å²) in [7, 11) is 0. The van der Waals surface area contributed by atoms with Crippen LogP contribution >= 0.6 is 0 Å². The molecule has 1 fully saturated rings. The van der Waals surface area contributed by atoms with Gasteiger partial charge in [-0.05, 0) is 31.7 Å². The summed E-state index contributed by atoms with van der Waals surface area (Å²) in [6.45, 7) is 0. The van der Waals surface area contributed by atoms with Gasteiger partial charge in [0.1, 0.15) is 6.33 Å². The lowest BCUT2D eigenvalue weighted by atomic mass is 9.93. The van der Waals surface area contributed by atoms with Gasteiger partial charge < -0.3 is 15.4 Å². The predicted molar refractivity (Wildman–Crippen MR) is 86.7 cm³/mol. The van der Waals surface area contributed by atoms with Crippen LogP contribution in [0.25, 0.3) is 17.0 Å². The van der Waals surface area contributed by atoms with E-state index in [9.17, 15) is 9.90 Å². The minimum absolute atomic E-state index is 0.0672. The quantitative estimate of drug-likeness (QED) is 0.669. The highest BCUT2D eigenvalue weighted by molar-refractivity contribution is 6.03. The Morgan fingerprint density at radius 1 is 1.29 bits per heavy atom. The first-order valence-corrected chi connectivity index (χ1v) is 8.03. The highest BCUT2D eigenvalue weighted by Gasteiger charge is 2.23. The van der Waals surface area contributed by atoms with E-state index in [1.165, 1.54) is 0 Å². The molecular weight excluding hydrogens is 308 g/mol. The number of aromatic amines is 1. The Morgan fingerprint density at radius 2 is 2.12 bits per heavy atom. The first-order valence-electron chi connectivity index (χ1n) is 8.03. The van der Waals surface area contributed by atoms with Gasteiger partial charge in [0.25, 0.3) is 5.91 Å². The molecule has 1 amide bonds. The van der Waals surface area contributed by atoms with Crippen molar-refractivity contribution in [3.8, 4) is 5.95 Å². The number of aromatic nitrogens is 5. The molecule has 4 rings (SSSR count). The number of fused-ring (bicyclic) bond motifs is 1. The molecule has 24 heavy (non-hydrogen) atoms. The fourth-order valence-electron chi connectivity index (χ4n) is 3.06. The zero-order chi connectivity index (χ0) is 16.5. The number of carbonyl (C=O) groups is 1. The summed E-state index contributed by atoms with van der Waals surface area (Å²) in [6.07, 6.45) is 9.44. The fraction of sp³-hybridized carbons (Fsp3) is 0.375. The smallest absolute Gasteiger partial charge is 0.272 e. The highest BCUT2D eigenvalue weighted by Crippen LogP contribution is 2.20. The minimum Gasteiger partial charge on any atom is -0.393 e. The maximum Gasteiger partial charge on any atom is 0.272 e. The van der Waals surface area contributed by atoms with Crippen molar-refractivity contribution in [2.45, 2.75) is 37.8 Å². The maximum absolute atomic E-state index is 12.7. The van der Waals surface area contributed by atoms with Crippen LogP contribution in [0.15, 0.2) is 31.0 Å². The molecule has 3 heterocycles. The third-order valence-corrected chi connectivity index (χ3v) is 4.38. The number of H-pyrrole nitrogens is 1. The molecule has 0 unspecified atom stereocenters. The van der Waals surface area contributed by atoms with Crippen LogP contribution in [0.3, 0.4) is 0 Å². The normalized spacial score (nSPS) is 21.0. The van der Waals surface area contributed by atoms with E-state index in [4.69, 9.17) is 0 Å². The van der Waals surface area contributed by atoms with Gasteiger partial charge in [-0.15, -0.1) is 0 Å². The van der Waals surface area contributed by atoms with Crippen LogP contribution in [0, 0.1) is 0 Å². The van der Waals surface area contributed by atoms with Crippen molar-refractivity contribution in [1.29, 1.82) is 0 Å². The van der Waals surface area contributed by atoms with Crippen LogP contribution in [0.2, 0.25) is 0 Å². The molecule has 0 radical (unpaired) electrons. The molecule has 0 atom stereocenters. The maximum atomic E-state index is 12.7. The molecule has 8 heteroatoms. The minimum atomic E-state index is -0.250. The molecule has 8 nitrogen and oxygen atoms in total. The van der Waals surface area contributed by atoms with Crippen LogP contribution < -0.4 is 5.32 Å². The van der Waals surface area contributed by atoms with Gasteiger partial charge >= 0.3 is 0 Å². The summed E-state index contributed by atoms with van der Waals surface area (Å²) < 4.78 is 1.67. The second-order valence-electron chi connectivity index (χ2n) is 6.06. The monoisotopic (exact) mass is 326 g/mol. The Bertz CT molecular complexity index is 849. The molecule has 1 aliphatic rings. The lowest BCUT2D eigenvalue weighted by molar-refractivity contribution is 0.0864. The van der Waals surface area contributed by atoms with E-state index in [0.717, 1.165) is 12.8 Å². The van der Waals surface area contributed by atoms with E-state index < -0.39 is 0 Å². The zero-order valence-electron chi connectivity index (χ0n) is 13.0. The molecule has 0 spiro atoms. The van der Waals surface area contributed by atoms with Crippen LogP contribution in [0.1, 0.15) is 36.2 Å². The van der Waals surface area contributed by atoms with E-state index in [0.29, 0.717) is 35.5 Å². The zero-order valence-corrected chi connectivity index (χ0v) is 13.0. The van der Waals surface area contributed by atoms with Crippen molar-refractivity contribution in [2.24, 2.45) is 0 Å². The summed E-state index contributed by atoms with van der Waals surface area (Å²) >= 11 is 0. The summed E-state index contributed by atoms with van der Waals surface area (Å²) in [4.78, 5) is 28.6. The first-order chi connectivity index (χ1) is 11.7. The average molecular weight is 326 g/mol.